The molecular weight excluding hydrogens is 378 g/mol. The van der Waals surface area contributed by atoms with Crippen LogP contribution in [-0.2, 0) is 21.8 Å². The summed E-state index contributed by atoms with van der Waals surface area (Å²) in [4.78, 5) is 28.4. The number of nitrogens with one attached hydrogen (secondary N) is 2. The molecule has 2 amide bonds. The molecule has 2 aliphatic rings. The first kappa shape index (κ1) is 18.1. The van der Waals surface area contributed by atoms with Gasteiger partial charge >= 0.3 is 0 Å². The fraction of sp³-hybridized carbons (Fsp3) is 0.250. The second kappa shape index (κ2) is 7.78. The van der Waals surface area contributed by atoms with Gasteiger partial charge in [0.05, 0.1) is 23.9 Å². The molecule has 4 rings (SSSR count). The number of carbonyl (C=O) groups excluding carboxylic acids is 2. The molecule has 0 aliphatic carbocycles. The van der Waals surface area contributed by atoms with Gasteiger partial charge in [-0.05, 0) is 35.7 Å². The standard InChI is InChI=1S/C20H19N3O2S2/c1-12(13-6-7-17-15(8-13)9-18(24)22-17)21-19(25)11-27-20-23-16-5-3-2-4-14(16)10-26-20/h2-8,12H,9-11H2,1H3,(H,21,25)(H,22,24)/t12-/m0/s1. The van der Waals surface area contributed by atoms with Crippen molar-refractivity contribution in [2.45, 2.75) is 25.1 Å². The zero-order chi connectivity index (χ0) is 18.8. The minimum absolute atomic E-state index is 0.0163. The Labute approximate surface area is 166 Å². The number of amides is 2. The number of hydrogen-bond acceptors (Lipinski definition) is 5. The van der Waals surface area contributed by atoms with E-state index in [1.165, 1.54) is 17.3 Å². The van der Waals surface area contributed by atoms with E-state index in [0.29, 0.717) is 12.2 Å². The minimum atomic E-state index is -0.110. The van der Waals surface area contributed by atoms with Gasteiger partial charge in [-0.15, -0.1) is 0 Å². The summed E-state index contributed by atoms with van der Waals surface area (Å²) >= 11 is 3.14. The molecule has 0 fully saturated rings. The summed E-state index contributed by atoms with van der Waals surface area (Å²) in [5, 5.41) is 5.85. The van der Waals surface area contributed by atoms with Crippen LogP contribution < -0.4 is 10.6 Å². The lowest BCUT2D eigenvalue weighted by Crippen LogP contribution is -2.28. The molecule has 0 aromatic heterocycles. The normalized spacial score (nSPS) is 16.0. The van der Waals surface area contributed by atoms with Gasteiger partial charge in [-0.3, -0.25) is 9.59 Å². The lowest BCUT2D eigenvalue weighted by Gasteiger charge is -2.16. The first-order valence-electron chi connectivity index (χ1n) is 8.73. The first-order valence-corrected chi connectivity index (χ1v) is 10.7. The maximum Gasteiger partial charge on any atom is 0.230 e. The van der Waals surface area contributed by atoms with E-state index in [-0.39, 0.29) is 17.9 Å². The van der Waals surface area contributed by atoms with Crippen molar-refractivity contribution in [1.82, 2.24) is 5.32 Å². The van der Waals surface area contributed by atoms with Crippen LogP contribution in [0.4, 0.5) is 11.4 Å². The summed E-state index contributed by atoms with van der Waals surface area (Å²) in [5.41, 5.74) is 5.08. The van der Waals surface area contributed by atoms with Gasteiger partial charge in [-0.2, -0.15) is 0 Å². The molecular formula is C20H19N3O2S2. The fourth-order valence-corrected chi connectivity index (χ4v) is 4.97. The Morgan fingerprint density at radius 1 is 1.30 bits per heavy atom. The van der Waals surface area contributed by atoms with E-state index in [9.17, 15) is 9.59 Å². The van der Waals surface area contributed by atoms with Crippen molar-refractivity contribution >= 4 is 51.1 Å². The summed E-state index contributed by atoms with van der Waals surface area (Å²) < 4.78 is 0.929. The van der Waals surface area contributed by atoms with Crippen LogP contribution in [-0.4, -0.2) is 21.9 Å². The fourth-order valence-electron chi connectivity index (χ4n) is 3.10. The molecule has 2 N–H and O–H groups in total. The Morgan fingerprint density at radius 2 is 2.15 bits per heavy atom. The molecule has 0 saturated carbocycles. The molecule has 5 nitrogen and oxygen atoms in total. The van der Waals surface area contributed by atoms with Gasteiger partial charge in [-0.1, -0.05) is 53.9 Å². The van der Waals surface area contributed by atoms with Crippen molar-refractivity contribution < 1.29 is 9.59 Å². The van der Waals surface area contributed by atoms with E-state index in [1.54, 1.807) is 11.8 Å². The third kappa shape index (κ3) is 4.20. The molecule has 1 atom stereocenters. The maximum absolute atomic E-state index is 12.3. The average molecular weight is 398 g/mol. The van der Waals surface area contributed by atoms with Gasteiger partial charge in [0, 0.05) is 11.4 Å². The van der Waals surface area contributed by atoms with Crippen LogP contribution >= 0.6 is 23.5 Å². The highest BCUT2D eigenvalue weighted by molar-refractivity contribution is 8.38. The van der Waals surface area contributed by atoms with Crippen molar-refractivity contribution in [2.75, 3.05) is 11.1 Å². The van der Waals surface area contributed by atoms with Gasteiger partial charge in [0.25, 0.3) is 0 Å². The molecule has 2 heterocycles. The summed E-state index contributed by atoms with van der Waals surface area (Å²) in [7, 11) is 0. The van der Waals surface area contributed by atoms with Crippen LogP contribution in [0.25, 0.3) is 0 Å². The summed E-state index contributed by atoms with van der Waals surface area (Å²) in [6.07, 6.45) is 0.401. The van der Waals surface area contributed by atoms with E-state index in [4.69, 9.17) is 0 Å². The highest BCUT2D eigenvalue weighted by Gasteiger charge is 2.20. The van der Waals surface area contributed by atoms with Crippen molar-refractivity contribution in [3.63, 3.8) is 0 Å². The number of para-hydroxylation sites is 1. The van der Waals surface area contributed by atoms with E-state index < -0.39 is 0 Å². The Bertz CT molecular complexity index is 943. The molecule has 0 bridgehead atoms. The van der Waals surface area contributed by atoms with E-state index in [2.05, 4.69) is 21.7 Å². The van der Waals surface area contributed by atoms with Crippen LogP contribution in [0.2, 0.25) is 0 Å². The zero-order valence-electron chi connectivity index (χ0n) is 14.8. The van der Waals surface area contributed by atoms with Crippen LogP contribution in [0.3, 0.4) is 0 Å². The van der Waals surface area contributed by atoms with E-state index in [0.717, 1.165) is 32.6 Å². The molecule has 0 radical (unpaired) electrons. The number of fused-ring (bicyclic) bond motifs is 2. The van der Waals surface area contributed by atoms with Crippen molar-refractivity contribution in [3.05, 3.63) is 59.2 Å². The molecule has 0 unspecified atom stereocenters. The molecule has 0 saturated heterocycles. The van der Waals surface area contributed by atoms with Crippen molar-refractivity contribution in [3.8, 4) is 0 Å². The highest BCUT2D eigenvalue weighted by Crippen LogP contribution is 2.34. The summed E-state index contributed by atoms with van der Waals surface area (Å²) in [6.45, 7) is 1.96. The number of benzene rings is 2. The van der Waals surface area contributed by atoms with Crippen LogP contribution in [0.1, 0.15) is 29.7 Å². The molecule has 0 spiro atoms. The quantitative estimate of drug-likeness (QED) is 0.817. The Morgan fingerprint density at radius 3 is 3.04 bits per heavy atom. The maximum atomic E-state index is 12.3. The number of carbonyl (C=O) groups is 2. The van der Waals surface area contributed by atoms with E-state index in [1.807, 2.05) is 43.3 Å². The van der Waals surface area contributed by atoms with Gasteiger partial charge in [0.1, 0.15) is 4.38 Å². The summed E-state index contributed by atoms with van der Waals surface area (Å²) in [5.74, 6) is 1.22. The topological polar surface area (TPSA) is 70.6 Å². The third-order valence-electron chi connectivity index (χ3n) is 4.51. The Kier molecular flexibility index (Phi) is 5.22. The average Bonchev–Trinajstić information content (AvgIpc) is 3.05. The Hall–Kier alpha value is -2.25. The molecule has 138 valence electrons. The minimum Gasteiger partial charge on any atom is -0.349 e. The third-order valence-corrected chi connectivity index (χ3v) is 6.76. The molecule has 2 aromatic rings. The zero-order valence-corrected chi connectivity index (χ0v) is 16.5. The summed E-state index contributed by atoms with van der Waals surface area (Å²) in [6, 6.07) is 13.8. The number of rotatable bonds is 4. The van der Waals surface area contributed by atoms with Crippen LogP contribution in [0, 0.1) is 0 Å². The molecule has 7 heteroatoms. The number of thioether (sulfide) groups is 2. The Balaban J connectivity index is 1.33. The van der Waals surface area contributed by atoms with E-state index >= 15 is 0 Å². The van der Waals surface area contributed by atoms with Crippen molar-refractivity contribution in [2.24, 2.45) is 4.99 Å². The molecule has 2 aliphatic heterocycles. The molecule has 27 heavy (non-hydrogen) atoms. The predicted octanol–water partition coefficient (Wildman–Crippen LogP) is 4.03. The lowest BCUT2D eigenvalue weighted by molar-refractivity contribution is -0.119. The monoisotopic (exact) mass is 397 g/mol. The van der Waals surface area contributed by atoms with Crippen LogP contribution in [0.15, 0.2) is 47.5 Å². The van der Waals surface area contributed by atoms with Crippen molar-refractivity contribution in [1.29, 1.82) is 0 Å². The lowest BCUT2D eigenvalue weighted by atomic mass is 10.0. The SMILES string of the molecule is C[C@H](NC(=O)CSC1=Nc2ccccc2CS1)c1ccc2c(c1)CC(=O)N2. The van der Waals surface area contributed by atoms with Crippen LogP contribution in [0.5, 0.6) is 0 Å². The smallest absolute Gasteiger partial charge is 0.230 e. The number of anilines is 1. The number of aliphatic imine (C=N–C) groups is 1. The van der Waals surface area contributed by atoms with Gasteiger partial charge in [0.15, 0.2) is 0 Å². The number of nitrogens with zero attached hydrogens (tertiary/aromatic N) is 1. The largest absolute Gasteiger partial charge is 0.349 e. The van der Waals surface area contributed by atoms with Gasteiger partial charge in [-0.25, -0.2) is 4.99 Å². The predicted molar refractivity (Wildman–Crippen MR) is 113 cm³/mol. The van der Waals surface area contributed by atoms with Gasteiger partial charge in [0.2, 0.25) is 11.8 Å². The second-order valence-corrected chi connectivity index (χ2v) is 8.70. The first-order chi connectivity index (χ1) is 13.1. The second-order valence-electron chi connectivity index (χ2n) is 6.51. The highest BCUT2D eigenvalue weighted by atomic mass is 32.2. The van der Waals surface area contributed by atoms with Gasteiger partial charge < -0.3 is 10.6 Å². The molecule has 2 aromatic carbocycles. The number of hydrogen-bond donors (Lipinski definition) is 2.